The van der Waals surface area contributed by atoms with E-state index in [2.05, 4.69) is 0 Å². The van der Waals surface area contributed by atoms with Gasteiger partial charge in [0, 0.05) is 17.2 Å². The van der Waals surface area contributed by atoms with E-state index < -0.39 is 29.0 Å². The first kappa shape index (κ1) is 19.2. The first-order valence-electron chi connectivity index (χ1n) is 9.11. The molecular weight excluding hydrogens is 377 g/mol. The van der Waals surface area contributed by atoms with E-state index in [1.54, 1.807) is 37.3 Å². The molecule has 4 rings (SSSR count). The molecule has 3 aromatic carbocycles. The molecule has 0 heterocycles. The minimum Gasteiger partial charge on any atom is -0.380 e. The quantitative estimate of drug-likeness (QED) is 0.669. The number of carbonyl (C=O) groups excluding carboxylic acids is 1. The monoisotopic (exact) mass is 394 g/mol. The Balaban J connectivity index is 2.08. The smallest absolute Gasteiger partial charge is 0.170 e. The molecule has 5 heteroatoms. The summed E-state index contributed by atoms with van der Waals surface area (Å²) in [5.41, 5.74) is -0.721. The molecule has 0 bridgehead atoms. The molecule has 1 aliphatic carbocycles. The summed E-state index contributed by atoms with van der Waals surface area (Å²) in [7, 11) is 0. The summed E-state index contributed by atoms with van der Waals surface area (Å²) in [5, 5.41) is 11.8. The molecule has 0 radical (unpaired) electrons. The van der Waals surface area contributed by atoms with E-state index in [0.29, 0.717) is 11.1 Å². The summed E-state index contributed by atoms with van der Waals surface area (Å²) in [6.07, 6.45) is 0. The van der Waals surface area contributed by atoms with E-state index in [0.717, 1.165) is 18.2 Å². The molecule has 1 aliphatic rings. The number of Topliss-reactive ketones (excluding diaryl/α,β-unsaturated/α-hetero) is 1. The maximum absolute atomic E-state index is 14.0. The molecule has 1 N–H and O–H groups in total. The molecule has 0 fully saturated rings. The van der Waals surface area contributed by atoms with Crippen LogP contribution in [-0.2, 0) is 10.4 Å². The second-order valence-corrected chi connectivity index (χ2v) is 7.13. The lowest BCUT2D eigenvalue weighted by atomic mass is 9.78. The van der Waals surface area contributed by atoms with Crippen LogP contribution in [0.3, 0.4) is 0 Å². The van der Waals surface area contributed by atoms with Gasteiger partial charge in [0.2, 0.25) is 0 Å². The van der Waals surface area contributed by atoms with Crippen LogP contribution in [0.15, 0.2) is 72.8 Å². The molecule has 0 unspecified atom stereocenters. The van der Waals surface area contributed by atoms with Crippen molar-refractivity contribution in [1.29, 1.82) is 0 Å². The fourth-order valence-electron chi connectivity index (χ4n) is 3.99. The maximum atomic E-state index is 14.0. The van der Waals surface area contributed by atoms with Gasteiger partial charge in [0.1, 0.15) is 23.1 Å². The summed E-state index contributed by atoms with van der Waals surface area (Å²) in [4.78, 5) is 13.2. The van der Waals surface area contributed by atoms with E-state index in [-0.39, 0.29) is 22.5 Å². The van der Waals surface area contributed by atoms with Crippen LogP contribution in [0.2, 0.25) is 0 Å². The van der Waals surface area contributed by atoms with Crippen LogP contribution in [-0.4, -0.2) is 10.9 Å². The Labute approximate surface area is 165 Å². The van der Waals surface area contributed by atoms with Gasteiger partial charge in [-0.25, -0.2) is 13.2 Å². The SMILES string of the molecule is C[C@H]1C(=O)C(c2ccc(F)cc2)=C(c2cc(F)cc(F)c2)[C@]1(O)c1ccccc1. The number of allylic oxidation sites excluding steroid dienone is 1. The second-order valence-electron chi connectivity index (χ2n) is 7.13. The van der Waals surface area contributed by atoms with Crippen molar-refractivity contribution >= 4 is 16.9 Å². The highest BCUT2D eigenvalue weighted by Gasteiger charge is 2.52. The average Bonchev–Trinajstić information content (AvgIpc) is 2.91. The van der Waals surface area contributed by atoms with E-state index in [1.165, 1.54) is 24.3 Å². The van der Waals surface area contributed by atoms with E-state index in [4.69, 9.17) is 0 Å². The molecule has 2 atom stereocenters. The number of benzene rings is 3. The van der Waals surface area contributed by atoms with Crippen molar-refractivity contribution in [3.05, 3.63) is 107 Å². The Hall–Kier alpha value is -3.18. The summed E-state index contributed by atoms with van der Waals surface area (Å²) >= 11 is 0. The van der Waals surface area contributed by atoms with Crippen LogP contribution in [0.1, 0.15) is 23.6 Å². The summed E-state index contributed by atoms with van der Waals surface area (Å²) < 4.78 is 41.5. The highest BCUT2D eigenvalue weighted by atomic mass is 19.1. The lowest BCUT2D eigenvalue weighted by molar-refractivity contribution is -0.121. The predicted molar refractivity (Wildman–Crippen MR) is 104 cm³/mol. The Morgan fingerprint density at radius 2 is 1.38 bits per heavy atom. The van der Waals surface area contributed by atoms with Crippen molar-refractivity contribution in [2.75, 3.05) is 0 Å². The molecule has 0 saturated heterocycles. The molecule has 3 aromatic rings. The van der Waals surface area contributed by atoms with Gasteiger partial charge in [0.15, 0.2) is 5.78 Å². The molecule has 0 amide bonds. The molecule has 29 heavy (non-hydrogen) atoms. The van der Waals surface area contributed by atoms with Gasteiger partial charge in [-0.3, -0.25) is 4.79 Å². The predicted octanol–water partition coefficient (Wildman–Crippen LogP) is 5.12. The summed E-state index contributed by atoms with van der Waals surface area (Å²) in [6.45, 7) is 1.57. The minimum atomic E-state index is -1.80. The Morgan fingerprint density at radius 3 is 1.97 bits per heavy atom. The van der Waals surface area contributed by atoms with Gasteiger partial charge in [0.25, 0.3) is 0 Å². The van der Waals surface area contributed by atoms with Crippen molar-refractivity contribution in [2.24, 2.45) is 5.92 Å². The number of ketones is 1. The first-order chi connectivity index (χ1) is 13.8. The van der Waals surface area contributed by atoms with E-state index in [9.17, 15) is 23.1 Å². The number of hydrogen-bond donors (Lipinski definition) is 1. The van der Waals surface area contributed by atoms with Gasteiger partial charge in [0.05, 0.1) is 5.92 Å². The second kappa shape index (κ2) is 7.01. The molecule has 0 saturated carbocycles. The Kier molecular flexibility index (Phi) is 4.63. The third-order valence-electron chi connectivity index (χ3n) is 5.40. The topological polar surface area (TPSA) is 37.3 Å². The Morgan fingerprint density at radius 1 is 0.793 bits per heavy atom. The molecular formula is C24H17F3O2. The maximum Gasteiger partial charge on any atom is 0.170 e. The van der Waals surface area contributed by atoms with Gasteiger partial charge in [-0.05, 0) is 41.0 Å². The number of rotatable bonds is 3. The van der Waals surface area contributed by atoms with Crippen LogP contribution in [0, 0.1) is 23.4 Å². The zero-order chi connectivity index (χ0) is 20.8. The zero-order valence-corrected chi connectivity index (χ0v) is 15.5. The van der Waals surface area contributed by atoms with E-state index in [1.807, 2.05) is 0 Å². The van der Waals surface area contributed by atoms with Crippen LogP contribution in [0.4, 0.5) is 13.2 Å². The van der Waals surface area contributed by atoms with Gasteiger partial charge >= 0.3 is 0 Å². The summed E-state index contributed by atoms with van der Waals surface area (Å²) in [5.74, 6) is -3.43. The standard InChI is InChI=1S/C24H17F3O2/c1-14-23(28)21(15-7-9-18(25)10-8-15)22(16-11-19(26)13-20(27)12-16)24(14,29)17-5-3-2-4-6-17/h2-14,29H,1H3/t14-,24+/m0/s1. The van der Waals surface area contributed by atoms with Crippen molar-refractivity contribution in [1.82, 2.24) is 0 Å². The van der Waals surface area contributed by atoms with Crippen molar-refractivity contribution in [2.45, 2.75) is 12.5 Å². The van der Waals surface area contributed by atoms with Gasteiger partial charge in [-0.15, -0.1) is 0 Å². The molecule has 2 nitrogen and oxygen atoms in total. The number of carbonyl (C=O) groups is 1. The molecule has 0 aromatic heterocycles. The largest absolute Gasteiger partial charge is 0.380 e. The molecule has 0 aliphatic heterocycles. The fraction of sp³-hybridized carbons (Fsp3) is 0.125. The lowest BCUT2D eigenvalue weighted by Crippen LogP contribution is -2.33. The number of hydrogen-bond acceptors (Lipinski definition) is 2. The van der Waals surface area contributed by atoms with Crippen LogP contribution in [0.5, 0.6) is 0 Å². The number of aliphatic hydroxyl groups is 1. The highest BCUT2D eigenvalue weighted by molar-refractivity contribution is 6.33. The third kappa shape index (κ3) is 3.08. The molecule has 146 valence electrons. The third-order valence-corrected chi connectivity index (χ3v) is 5.40. The average molecular weight is 394 g/mol. The molecule has 0 spiro atoms. The minimum absolute atomic E-state index is 0.0610. The van der Waals surface area contributed by atoms with Gasteiger partial charge in [-0.2, -0.15) is 0 Å². The van der Waals surface area contributed by atoms with E-state index >= 15 is 0 Å². The summed E-state index contributed by atoms with van der Waals surface area (Å²) in [6, 6.07) is 16.6. The normalized spacial score (nSPS) is 21.7. The van der Waals surface area contributed by atoms with Crippen LogP contribution < -0.4 is 0 Å². The van der Waals surface area contributed by atoms with Crippen molar-refractivity contribution < 1.29 is 23.1 Å². The highest BCUT2D eigenvalue weighted by Crippen LogP contribution is 2.53. The van der Waals surface area contributed by atoms with Crippen LogP contribution >= 0.6 is 0 Å². The Bertz CT molecular complexity index is 1100. The zero-order valence-electron chi connectivity index (χ0n) is 15.5. The fourth-order valence-corrected chi connectivity index (χ4v) is 3.99. The van der Waals surface area contributed by atoms with Crippen molar-refractivity contribution in [3.63, 3.8) is 0 Å². The van der Waals surface area contributed by atoms with Crippen LogP contribution in [0.25, 0.3) is 11.1 Å². The number of halogens is 3. The first-order valence-corrected chi connectivity index (χ1v) is 9.11. The van der Waals surface area contributed by atoms with Crippen molar-refractivity contribution in [3.8, 4) is 0 Å². The van der Waals surface area contributed by atoms with Gasteiger partial charge in [-0.1, -0.05) is 49.4 Å². The van der Waals surface area contributed by atoms with Gasteiger partial charge < -0.3 is 5.11 Å². The lowest BCUT2D eigenvalue weighted by Gasteiger charge is -2.31.